The van der Waals surface area contributed by atoms with Crippen molar-refractivity contribution in [3.63, 3.8) is 0 Å². The molecule has 2 aromatic heterocycles. The summed E-state index contributed by atoms with van der Waals surface area (Å²) in [6, 6.07) is 5.33. The highest BCUT2D eigenvalue weighted by molar-refractivity contribution is 5.71. The quantitative estimate of drug-likeness (QED) is 0.737. The van der Waals surface area contributed by atoms with Gasteiger partial charge in [0.25, 0.3) is 5.56 Å². The Bertz CT molecular complexity index is 617. The number of H-pyrrole nitrogens is 1. The summed E-state index contributed by atoms with van der Waals surface area (Å²) in [5.74, 6) is 0.334. The third-order valence-electron chi connectivity index (χ3n) is 2.49. The number of pyridine rings is 1. The van der Waals surface area contributed by atoms with Gasteiger partial charge in [0.05, 0.1) is 0 Å². The van der Waals surface area contributed by atoms with Crippen molar-refractivity contribution in [3.8, 4) is 17.2 Å². The molecule has 0 saturated heterocycles. The number of nitriles is 1. The Hall–Kier alpha value is -2.48. The monoisotopic (exact) mass is 214 g/mol. The standard InChI is InChI=1S/C11H10N4O/c1-15-10(13)4-8(7-2-3-14-6-7)9(5-12)11(15)16/h2-4,6,14H,13H2,1H3. The Morgan fingerprint density at radius 1 is 1.56 bits per heavy atom. The van der Waals surface area contributed by atoms with Gasteiger partial charge in [0.2, 0.25) is 0 Å². The van der Waals surface area contributed by atoms with Gasteiger partial charge in [-0.3, -0.25) is 9.36 Å². The van der Waals surface area contributed by atoms with Crippen LogP contribution in [0.2, 0.25) is 0 Å². The van der Waals surface area contributed by atoms with Crippen LogP contribution in [0.1, 0.15) is 5.56 Å². The number of nitrogens with zero attached hydrogens (tertiary/aromatic N) is 2. The maximum absolute atomic E-state index is 11.8. The summed E-state index contributed by atoms with van der Waals surface area (Å²) in [4.78, 5) is 14.7. The zero-order chi connectivity index (χ0) is 11.7. The molecule has 0 aliphatic heterocycles. The second kappa shape index (κ2) is 3.59. The van der Waals surface area contributed by atoms with E-state index in [2.05, 4.69) is 4.98 Å². The molecule has 0 aromatic carbocycles. The van der Waals surface area contributed by atoms with E-state index in [1.54, 1.807) is 31.6 Å². The van der Waals surface area contributed by atoms with Crippen molar-refractivity contribution >= 4 is 5.82 Å². The van der Waals surface area contributed by atoms with Gasteiger partial charge in [0, 0.05) is 30.6 Å². The zero-order valence-electron chi connectivity index (χ0n) is 8.69. The van der Waals surface area contributed by atoms with Gasteiger partial charge in [-0.05, 0) is 12.1 Å². The average Bonchev–Trinajstić information content (AvgIpc) is 2.79. The molecular formula is C11H10N4O. The topological polar surface area (TPSA) is 87.6 Å². The molecular weight excluding hydrogens is 204 g/mol. The molecule has 5 nitrogen and oxygen atoms in total. The van der Waals surface area contributed by atoms with Crippen LogP contribution in [0.5, 0.6) is 0 Å². The third-order valence-corrected chi connectivity index (χ3v) is 2.49. The summed E-state index contributed by atoms with van der Waals surface area (Å²) in [5.41, 5.74) is 6.76. The van der Waals surface area contributed by atoms with Crippen molar-refractivity contribution in [2.45, 2.75) is 0 Å². The number of nitrogens with two attached hydrogens (primary N) is 1. The molecule has 2 heterocycles. The summed E-state index contributed by atoms with van der Waals surface area (Å²) < 4.78 is 1.26. The molecule has 5 heteroatoms. The van der Waals surface area contributed by atoms with Crippen molar-refractivity contribution < 1.29 is 0 Å². The number of rotatable bonds is 1. The van der Waals surface area contributed by atoms with Gasteiger partial charge in [-0.2, -0.15) is 5.26 Å². The lowest BCUT2D eigenvalue weighted by Crippen LogP contribution is -2.22. The lowest BCUT2D eigenvalue weighted by molar-refractivity contribution is 0.871. The molecule has 0 fully saturated rings. The first-order valence-electron chi connectivity index (χ1n) is 4.68. The number of nitrogen functional groups attached to an aromatic ring is 1. The Kier molecular flexibility index (Phi) is 2.25. The Morgan fingerprint density at radius 2 is 2.31 bits per heavy atom. The van der Waals surface area contributed by atoms with Crippen LogP contribution in [0.3, 0.4) is 0 Å². The van der Waals surface area contributed by atoms with Crippen LogP contribution in [0.4, 0.5) is 5.82 Å². The molecule has 0 spiro atoms. The first-order chi connectivity index (χ1) is 7.65. The normalized spacial score (nSPS) is 10.0. The summed E-state index contributed by atoms with van der Waals surface area (Å²) in [6.45, 7) is 0. The fraction of sp³-hybridized carbons (Fsp3) is 0.0909. The number of aromatic nitrogens is 2. The Labute approximate surface area is 91.8 Å². The van der Waals surface area contributed by atoms with Gasteiger partial charge in [-0.15, -0.1) is 0 Å². The van der Waals surface area contributed by atoms with Crippen molar-refractivity contribution in [3.05, 3.63) is 40.4 Å². The second-order valence-corrected chi connectivity index (χ2v) is 3.43. The fourth-order valence-electron chi connectivity index (χ4n) is 1.54. The first-order valence-corrected chi connectivity index (χ1v) is 4.68. The Balaban J connectivity index is 2.82. The Morgan fingerprint density at radius 3 is 2.88 bits per heavy atom. The van der Waals surface area contributed by atoms with Gasteiger partial charge in [-0.25, -0.2) is 0 Å². The molecule has 0 amide bonds. The fourth-order valence-corrected chi connectivity index (χ4v) is 1.54. The van der Waals surface area contributed by atoms with Crippen molar-refractivity contribution in [1.29, 1.82) is 5.26 Å². The summed E-state index contributed by atoms with van der Waals surface area (Å²) in [7, 11) is 1.54. The lowest BCUT2D eigenvalue weighted by atomic mass is 10.0. The van der Waals surface area contributed by atoms with E-state index in [1.165, 1.54) is 4.57 Å². The minimum Gasteiger partial charge on any atom is -0.385 e. The molecule has 0 radical (unpaired) electrons. The second-order valence-electron chi connectivity index (χ2n) is 3.43. The van der Waals surface area contributed by atoms with Gasteiger partial charge in [-0.1, -0.05) is 0 Å². The van der Waals surface area contributed by atoms with E-state index in [9.17, 15) is 4.79 Å². The summed E-state index contributed by atoms with van der Waals surface area (Å²) in [5, 5.41) is 9.00. The van der Waals surface area contributed by atoms with Crippen molar-refractivity contribution in [2.24, 2.45) is 7.05 Å². The van der Waals surface area contributed by atoms with Gasteiger partial charge < -0.3 is 10.7 Å². The zero-order valence-corrected chi connectivity index (χ0v) is 8.69. The van der Waals surface area contributed by atoms with Crippen LogP contribution in [0.15, 0.2) is 29.3 Å². The van der Waals surface area contributed by atoms with Crippen molar-refractivity contribution in [1.82, 2.24) is 9.55 Å². The molecule has 2 rings (SSSR count). The molecule has 0 atom stereocenters. The SMILES string of the molecule is Cn1c(N)cc(-c2cc[nH]c2)c(C#N)c1=O. The third kappa shape index (κ3) is 1.37. The van der Waals surface area contributed by atoms with E-state index in [4.69, 9.17) is 11.0 Å². The average molecular weight is 214 g/mol. The maximum Gasteiger partial charge on any atom is 0.270 e. The number of anilines is 1. The highest BCUT2D eigenvalue weighted by Crippen LogP contribution is 2.22. The maximum atomic E-state index is 11.8. The molecule has 0 bridgehead atoms. The minimum atomic E-state index is -0.376. The van der Waals surface area contributed by atoms with Gasteiger partial charge in [0.15, 0.2) is 0 Å². The molecule has 3 N–H and O–H groups in total. The van der Waals surface area contributed by atoms with Crippen molar-refractivity contribution in [2.75, 3.05) is 5.73 Å². The molecule has 80 valence electrons. The van der Waals surface area contributed by atoms with Crippen LogP contribution in [0, 0.1) is 11.3 Å². The van der Waals surface area contributed by atoms with E-state index in [0.29, 0.717) is 11.4 Å². The van der Waals surface area contributed by atoms with E-state index in [-0.39, 0.29) is 11.1 Å². The molecule has 0 unspecified atom stereocenters. The highest BCUT2D eigenvalue weighted by atomic mass is 16.1. The smallest absolute Gasteiger partial charge is 0.270 e. The molecule has 0 aliphatic rings. The lowest BCUT2D eigenvalue weighted by Gasteiger charge is -2.07. The predicted molar refractivity (Wildman–Crippen MR) is 60.6 cm³/mol. The molecule has 2 aromatic rings. The first kappa shape index (κ1) is 10.1. The molecule has 0 saturated carbocycles. The molecule has 16 heavy (non-hydrogen) atoms. The van der Waals surface area contributed by atoms with Crippen LogP contribution in [-0.4, -0.2) is 9.55 Å². The highest BCUT2D eigenvalue weighted by Gasteiger charge is 2.12. The predicted octanol–water partition coefficient (Wildman–Crippen LogP) is 0.834. The van der Waals surface area contributed by atoms with E-state index in [1.807, 2.05) is 6.07 Å². The van der Waals surface area contributed by atoms with Gasteiger partial charge >= 0.3 is 0 Å². The number of hydrogen-bond acceptors (Lipinski definition) is 3. The van der Waals surface area contributed by atoms with E-state index >= 15 is 0 Å². The number of aromatic amines is 1. The van der Waals surface area contributed by atoms with Gasteiger partial charge in [0.1, 0.15) is 17.5 Å². The minimum absolute atomic E-state index is 0.108. The summed E-state index contributed by atoms with van der Waals surface area (Å²) >= 11 is 0. The largest absolute Gasteiger partial charge is 0.385 e. The number of hydrogen-bond donors (Lipinski definition) is 2. The van der Waals surface area contributed by atoms with Crippen LogP contribution in [-0.2, 0) is 7.05 Å². The van der Waals surface area contributed by atoms with E-state index < -0.39 is 0 Å². The van der Waals surface area contributed by atoms with Crippen LogP contribution in [0.25, 0.3) is 11.1 Å². The van der Waals surface area contributed by atoms with E-state index in [0.717, 1.165) is 5.56 Å². The van der Waals surface area contributed by atoms with Crippen LogP contribution < -0.4 is 11.3 Å². The van der Waals surface area contributed by atoms with Crippen LogP contribution >= 0.6 is 0 Å². The number of nitrogens with one attached hydrogen (secondary N) is 1. The molecule has 0 aliphatic carbocycles. The summed E-state index contributed by atoms with van der Waals surface area (Å²) in [6.07, 6.45) is 3.44.